The van der Waals surface area contributed by atoms with E-state index in [1.807, 2.05) is 25.1 Å². The molecule has 0 aromatic heterocycles. The van der Waals surface area contributed by atoms with Gasteiger partial charge in [0.05, 0.1) is 13.2 Å². The van der Waals surface area contributed by atoms with Gasteiger partial charge in [0, 0.05) is 23.7 Å². The second-order valence-electron chi connectivity index (χ2n) is 6.18. The summed E-state index contributed by atoms with van der Waals surface area (Å²) in [5.41, 5.74) is 1.10. The van der Waals surface area contributed by atoms with Gasteiger partial charge in [0.2, 0.25) is 0 Å². The van der Waals surface area contributed by atoms with Gasteiger partial charge in [0.25, 0.3) is 0 Å². The molecular formula is C17H27ClN2O2. The van der Waals surface area contributed by atoms with Gasteiger partial charge in [-0.25, -0.2) is 0 Å². The Labute approximate surface area is 138 Å². The Morgan fingerprint density at radius 2 is 2.14 bits per heavy atom. The number of ether oxygens (including phenoxy) is 1. The summed E-state index contributed by atoms with van der Waals surface area (Å²) in [5.74, 6) is 1.58. The summed E-state index contributed by atoms with van der Waals surface area (Å²) in [6.45, 7) is 6.59. The number of nitrogens with zero attached hydrogens (tertiary/aromatic N) is 1. The fourth-order valence-corrected chi connectivity index (χ4v) is 3.24. The van der Waals surface area contributed by atoms with Crippen LogP contribution in [-0.4, -0.2) is 49.4 Å². The first kappa shape index (κ1) is 17.5. The maximum atomic E-state index is 9.43. The van der Waals surface area contributed by atoms with Gasteiger partial charge in [-0.05, 0) is 63.5 Å². The largest absolute Gasteiger partial charge is 0.496 e. The fraction of sp³-hybridized carbons (Fsp3) is 0.647. The molecule has 22 heavy (non-hydrogen) atoms. The number of methoxy groups -OCH3 is 1. The Hall–Kier alpha value is -0.810. The zero-order valence-corrected chi connectivity index (χ0v) is 14.3. The van der Waals surface area contributed by atoms with E-state index < -0.39 is 0 Å². The zero-order chi connectivity index (χ0) is 15.9. The number of hydrogen-bond donors (Lipinski definition) is 2. The molecular weight excluding hydrogens is 300 g/mol. The van der Waals surface area contributed by atoms with Crippen molar-refractivity contribution in [1.29, 1.82) is 0 Å². The van der Waals surface area contributed by atoms with E-state index in [1.54, 1.807) is 7.11 Å². The van der Waals surface area contributed by atoms with Crippen molar-refractivity contribution in [3.8, 4) is 5.75 Å². The summed E-state index contributed by atoms with van der Waals surface area (Å²) < 4.78 is 5.36. The first-order valence-electron chi connectivity index (χ1n) is 8.02. The molecule has 4 nitrogen and oxygen atoms in total. The summed E-state index contributed by atoms with van der Waals surface area (Å²) in [6.07, 6.45) is 2.14. The lowest BCUT2D eigenvalue weighted by Gasteiger charge is -2.32. The summed E-state index contributed by atoms with van der Waals surface area (Å²) >= 11 is 6.05. The first-order valence-corrected chi connectivity index (χ1v) is 8.40. The van der Waals surface area contributed by atoms with Gasteiger partial charge in [-0.2, -0.15) is 0 Å². The molecule has 1 saturated heterocycles. The number of aliphatic hydroxyl groups excluding tert-OH is 1. The Balaban J connectivity index is 1.73. The average molecular weight is 327 g/mol. The van der Waals surface area contributed by atoms with Crippen molar-refractivity contribution in [2.24, 2.45) is 5.92 Å². The molecule has 0 radical (unpaired) electrons. The summed E-state index contributed by atoms with van der Waals surface area (Å²) in [5, 5.41) is 13.7. The van der Waals surface area contributed by atoms with Gasteiger partial charge in [-0.3, -0.25) is 0 Å². The van der Waals surface area contributed by atoms with Crippen molar-refractivity contribution in [2.75, 3.05) is 33.3 Å². The maximum absolute atomic E-state index is 9.43. The van der Waals surface area contributed by atoms with Crippen molar-refractivity contribution in [2.45, 2.75) is 32.4 Å². The van der Waals surface area contributed by atoms with Crippen LogP contribution in [0.2, 0.25) is 5.02 Å². The Morgan fingerprint density at radius 3 is 2.77 bits per heavy atom. The van der Waals surface area contributed by atoms with Crippen LogP contribution in [0, 0.1) is 5.92 Å². The van der Waals surface area contributed by atoms with E-state index in [2.05, 4.69) is 10.2 Å². The smallest absolute Gasteiger partial charge is 0.123 e. The minimum atomic E-state index is -0.232. The Kier molecular flexibility index (Phi) is 6.96. The SMILES string of the molecule is COc1ccc(Cl)cc1CNCC1CCN(CC(C)O)CC1. The average Bonchev–Trinajstić information content (AvgIpc) is 2.49. The van der Waals surface area contributed by atoms with E-state index in [4.69, 9.17) is 16.3 Å². The molecule has 1 aromatic carbocycles. The molecule has 124 valence electrons. The van der Waals surface area contributed by atoms with E-state index in [1.165, 1.54) is 12.8 Å². The molecule has 1 fully saturated rings. The predicted octanol–water partition coefficient (Wildman–Crippen LogP) is 2.53. The zero-order valence-electron chi connectivity index (χ0n) is 13.5. The number of rotatable bonds is 7. The minimum Gasteiger partial charge on any atom is -0.496 e. The highest BCUT2D eigenvalue weighted by Gasteiger charge is 2.19. The lowest BCUT2D eigenvalue weighted by atomic mass is 9.96. The van der Waals surface area contributed by atoms with Crippen LogP contribution in [0.4, 0.5) is 0 Å². The Morgan fingerprint density at radius 1 is 1.41 bits per heavy atom. The summed E-state index contributed by atoms with van der Waals surface area (Å²) in [6, 6.07) is 5.72. The van der Waals surface area contributed by atoms with E-state index in [0.717, 1.165) is 49.1 Å². The number of aliphatic hydroxyl groups is 1. The molecule has 0 spiro atoms. The summed E-state index contributed by atoms with van der Waals surface area (Å²) in [7, 11) is 1.69. The molecule has 0 bridgehead atoms. The predicted molar refractivity (Wildman–Crippen MR) is 90.6 cm³/mol. The van der Waals surface area contributed by atoms with Crippen LogP contribution in [0.1, 0.15) is 25.3 Å². The molecule has 5 heteroatoms. The van der Waals surface area contributed by atoms with Gasteiger partial charge >= 0.3 is 0 Å². The van der Waals surface area contributed by atoms with Crippen molar-refractivity contribution < 1.29 is 9.84 Å². The number of benzene rings is 1. The van der Waals surface area contributed by atoms with Crippen molar-refractivity contribution in [3.63, 3.8) is 0 Å². The molecule has 1 atom stereocenters. The third kappa shape index (κ3) is 5.43. The second kappa shape index (κ2) is 8.73. The van der Waals surface area contributed by atoms with E-state index in [-0.39, 0.29) is 6.10 Å². The molecule has 1 aromatic rings. The molecule has 2 rings (SSSR count). The van der Waals surface area contributed by atoms with Crippen LogP contribution in [0.3, 0.4) is 0 Å². The van der Waals surface area contributed by atoms with Crippen LogP contribution in [0.5, 0.6) is 5.75 Å². The lowest BCUT2D eigenvalue weighted by Crippen LogP contribution is -2.40. The number of hydrogen-bond acceptors (Lipinski definition) is 4. The highest BCUT2D eigenvalue weighted by molar-refractivity contribution is 6.30. The van der Waals surface area contributed by atoms with Crippen LogP contribution in [-0.2, 0) is 6.54 Å². The van der Waals surface area contributed by atoms with Gasteiger partial charge in [0.1, 0.15) is 5.75 Å². The van der Waals surface area contributed by atoms with Gasteiger partial charge in [-0.15, -0.1) is 0 Å². The highest BCUT2D eigenvalue weighted by atomic mass is 35.5. The number of nitrogens with one attached hydrogen (secondary N) is 1. The standard InChI is InChI=1S/C17H27ClN2O2/c1-13(21)12-20-7-5-14(6-8-20)10-19-11-15-9-16(18)3-4-17(15)22-2/h3-4,9,13-14,19,21H,5-8,10-12H2,1-2H3. The quantitative estimate of drug-likeness (QED) is 0.808. The monoisotopic (exact) mass is 326 g/mol. The molecule has 1 heterocycles. The molecule has 1 aliphatic heterocycles. The van der Waals surface area contributed by atoms with Crippen LogP contribution < -0.4 is 10.1 Å². The van der Waals surface area contributed by atoms with E-state index >= 15 is 0 Å². The Bertz CT molecular complexity index is 460. The van der Waals surface area contributed by atoms with Crippen molar-refractivity contribution in [1.82, 2.24) is 10.2 Å². The van der Waals surface area contributed by atoms with E-state index in [0.29, 0.717) is 5.92 Å². The normalized spacial score (nSPS) is 18.4. The van der Waals surface area contributed by atoms with Crippen LogP contribution in [0.15, 0.2) is 18.2 Å². The van der Waals surface area contributed by atoms with Crippen LogP contribution in [0.25, 0.3) is 0 Å². The first-order chi connectivity index (χ1) is 10.6. The van der Waals surface area contributed by atoms with Gasteiger partial charge in [-0.1, -0.05) is 11.6 Å². The van der Waals surface area contributed by atoms with Crippen molar-refractivity contribution in [3.05, 3.63) is 28.8 Å². The van der Waals surface area contributed by atoms with Crippen molar-refractivity contribution >= 4 is 11.6 Å². The number of piperidine rings is 1. The van der Waals surface area contributed by atoms with Gasteiger partial charge in [0.15, 0.2) is 0 Å². The number of β-amino-alcohol motifs (C(OH)–C–C–N with tert-alkyl or cyclic N) is 1. The number of halogens is 1. The topological polar surface area (TPSA) is 44.7 Å². The molecule has 2 N–H and O–H groups in total. The highest BCUT2D eigenvalue weighted by Crippen LogP contribution is 2.23. The third-order valence-electron chi connectivity index (χ3n) is 4.22. The minimum absolute atomic E-state index is 0.232. The molecule has 0 amide bonds. The molecule has 0 aliphatic carbocycles. The lowest BCUT2D eigenvalue weighted by molar-refractivity contribution is 0.0998. The number of likely N-dealkylation sites (tertiary alicyclic amines) is 1. The molecule has 1 unspecified atom stereocenters. The molecule has 0 saturated carbocycles. The van der Waals surface area contributed by atoms with Gasteiger partial charge < -0.3 is 20.1 Å². The third-order valence-corrected chi connectivity index (χ3v) is 4.46. The van der Waals surface area contributed by atoms with Crippen LogP contribution >= 0.6 is 11.6 Å². The second-order valence-corrected chi connectivity index (χ2v) is 6.62. The molecule has 1 aliphatic rings. The fourth-order valence-electron chi connectivity index (χ4n) is 3.04. The van der Waals surface area contributed by atoms with E-state index in [9.17, 15) is 5.11 Å². The maximum Gasteiger partial charge on any atom is 0.123 e. The summed E-state index contributed by atoms with van der Waals surface area (Å²) in [4.78, 5) is 2.35.